The van der Waals surface area contributed by atoms with Gasteiger partial charge in [-0.25, -0.2) is 0 Å². The van der Waals surface area contributed by atoms with Crippen molar-refractivity contribution < 1.29 is 9.53 Å². The maximum atomic E-state index is 11.5. The number of rotatable bonds is 8. The molecule has 6 heteroatoms. The largest absolute Gasteiger partial charge is 0.494 e. The van der Waals surface area contributed by atoms with Crippen LogP contribution in [-0.2, 0) is 11.2 Å². The highest BCUT2D eigenvalue weighted by Gasteiger charge is 2.20. The Morgan fingerprint density at radius 3 is 2.37 bits per heavy atom. The van der Waals surface area contributed by atoms with Gasteiger partial charge in [0.1, 0.15) is 5.75 Å². The van der Waals surface area contributed by atoms with Gasteiger partial charge in [-0.1, -0.05) is 25.5 Å². The second kappa shape index (κ2) is 11.5. The third kappa shape index (κ3) is 7.12. The predicted molar refractivity (Wildman–Crippen MR) is 110 cm³/mol. The van der Waals surface area contributed by atoms with E-state index in [9.17, 15) is 4.79 Å². The summed E-state index contributed by atoms with van der Waals surface area (Å²) >= 11 is 0. The van der Waals surface area contributed by atoms with E-state index < -0.39 is 0 Å². The molecule has 6 nitrogen and oxygen atoms in total. The molecule has 1 saturated heterocycles. The van der Waals surface area contributed by atoms with Gasteiger partial charge in [0.15, 0.2) is 5.96 Å². The zero-order valence-electron chi connectivity index (χ0n) is 17.0. The van der Waals surface area contributed by atoms with Gasteiger partial charge in [0.05, 0.1) is 6.61 Å². The minimum absolute atomic E-state index is 0.152. The maximum absolute atomic E-state index is 11.5. The number of hydrogen-bond acceptors (Lipinski definition) is 3. The third-order valence-electron chi connectivity index (χ3n) is 4.71. The average molecular weight is 375 g/mol. The monoisotopic (exact) mass is 374 g/mol. The van der Waals surface area contributed by atoms with Crippen LogP contribution in [0.5, 0.6) is 5.75 Å². The summed E-state index contributed by atoms with van der Waals surface area (Å²) in [7, 11) is 0. The molecular formula is C21H34N4O2. The molecule has 0 bridgehead atoms. The molecule has 1 amide bonds. The molecule has 0 atom stereocenters. The fraction of sp³-hybridized carbons (Fsp3) is 0.619. The number of carbonyl (C=O) groups is 1. The molecule has 0 unspecified atom stereocenters. The minimum atomic E-state index is 0.152. The SMILES string of the molecule is CCCCOc1ccc(CCN=C(NCC)N2CCN(C(C)=O)CC2)cc1. The molecule has 0 aliphatic carbocycles. The van der Waals surface area contributed by atoms with E-state index in [2.05, 4.69) is 36.2 Å². The molecule has 1 aromatic rings. The van der Waals surface area contributed by atoms with Crippen molar-refractivity contribution in [1.82, 2.24) is 15.1 Å². The van der Waals surface area contributed by atoms with Gasteiger partial charge in [-0.3, -0.25) is 9.79 Å². The van der Waals surface area contributed by atoms with Crippen LogP contribution in [0.4, 0.5) is 0 Å². The number of ether oxygens (including phenoxy) is 1. The molecule has 1 heterocycles. The van der Waals surface area contributed by atoms with E-state index in [-0.39, 0.29) is 5.91 Å². The van der Waals surface area contributed by atoms with Crippen LogP contribution >= 0.6 is 0 Å². The van der Waals surface area contributed by atoms with Crippen LogP contribution < -0.4 is 10.1 Å². The van der Waals surface area contributed by atoms with Crippen molar-refractivity contribution in [1.29, 1.82) is 0 Å². The van der Waals surface area contributed by atoms with Crippen molar-refractivity contribution >= 4 is 11.9 Å². The molecule has 0 radical (unpaired) electrons. The van der Waals surface area contributed by atoms with Crippen molar-refractivity contribution in [3.63, 3.8) is 0 Å². The normalized spacial score (nSPS) is 15.0. The molecule has 27 heavy (non-hydrogen) atoms. The Labute approximate surface area is 163 Å². The number of carbonyl (C=O) groups excluding carboxylic acids is 1. The quantitative estimate of drug-likeness (QED) is 0.432. The highest BCUT2D eigenvalue weighted by molar-refractivity contribution is 5.80. The first-order valence-electron chi connectivity index (χ1n) is 10.1. The first kappa shape index (κ1) is 21.1. The molecule has 150 valence electrons. The molecule has 1 aliphatic heterocycles. The van der Waals surface area contributed by atoms with Gasteiger partial charge in [-0.2, -0.15) is 0 Å². The number of benzene rings is 1. The number of amides is 1. The van der Waals surface area contributed by atoms with Crippen LogP contribution in [0.25, 0.3) is 0 Å². The summed E-state index contributed by atoms with van der Waals surface area (Å²) in [6, 6.07) is 8.33. The van der Waals surface area contributed by atoms with Gasteiger partial charge in [0, 0.05) is 46.2 Å². The van der Waals surface area contributed by atoms with E-state index in [1.165, 1.54) is 5.56 Å². The molecule has 2 rings (SSSR count). The summed E-state index contributed by atoms with van der Waals surface area (Å²) in [5, 5.41) is 3.37. The lowest BCUT2D eigenvalue weighted by molar-refractivity contribution is -0.130. The van der Waals surface area contributed by atoms with Crippen molar-refractivity contribution in [2.24, 2.45) is 4.99 Å². The number of nitrogens with one attached hydrogen (secondary N) is 1. The van der Waals surface area contributed by atoms with Gasteiger partial charge in [0.25, 0.3) is 0 Å². The number of piperazine rings is 1. The summed E-state index contributed by atoms with van der Waals surface area (Å²) in [5.41, 5.74) is 1.26. The number of guanidine groups is 1. The van der Waals surface area contributed by atoms with E-state index in [1.807, 2.05) is 17.0 Å². The predicted octanol–water partition coefficient (Wildman–Crippen LogP) is 2.54. The summed E-state index contributed by atoms with van der Waals surface area (Å²) in [5.74, 6) is 2.03. The van der Waals surface area contributed by atoms with E-state index in [0.29, 0.717) is 0 Å². The zero-order valence-corrected chi connectivity index (χ0v) is 17.0. The van der Waals surface area contributed by atoms with Crippen molar-refractivity contribution in [2.75, 3.05) is 45.9 Å². The van der Waals surface area contributed by atoms with Crippen LogP contribution in [-0.4, -0.2) is 67.5 Å². The fourth-order valence-corrected chi connectivity index (χ4v) is 3.04. The third-order valence-corrected chi connectivity index (χ3v) is 4.71. The van der Waals surface area contributed by atoms with Crippen LogP contribution in [0.2, 0.25) is 0 Å². The lowest BCUT2D eigenvalue weighted by atomic mass is 10.1. The smallest absolute Gasteiger partial charge is 0.219 e. The number of nitrogens with zero attached hydrogens (tertiary/aromatic N) is 3. The summed E-state index contributed by atoms with van der Waals surface area (Å²) in [6.07, 6.45) is 3.13. The van der Waals surface area contributed by atoms with Gasteiger partial charge in [0.2, 0.25) is 5.91 Å². The first-order valence-corrected chi connectivity index (χ1v) is 10.1. The van der Waals surface area contributed by atoms with Crippen LogP contribution in [0, 0.1) is 0 Å². The molecular weight excluding hydrogens is 340 g/mol. The van der Waals surface area contributed by atoms with Gasteiger partial charge in [-0.05, 0) is 37.5 Å². The second-order valence-electron chi connectivity index (χ2n) is 6.82. The maximum Gasteiger partial charge on any atom is 0.219 e. The summed E-state index contributed by atoms with van der Waals surface area (Å²) < 4.78 is 5.71. The first-order chi connectivity index (χ1) is 13.1. The van der Waals surface area contributed by atoms with Crippen molar-refractivity contribution in [3.05, 3.63) is 29.8 Å². The Hall–Kier alpha value is -2.24. The molecule has 1 aliphatic rings. The Balaban J connectivity index is 1.83. The Morgan fingerprint density at radius 2 is 1.78 bits per heavy atom. The minimum Gasteiger partial charge on any atom is -0.494 e. The lowest BCUT2D eigenvalue weighted by Gasteiger charge is -2.36. The number of aliphatic imine (C=N–C) groups is 1. The fourth-order valence-electron chi connectivity index (χ4n) is 3.04. The summed E-state index contributed by atoms with van der Waals surface area (Å²) in [4.78, 5) is 20.4. The second-order valence-corrected chi connectivity index (χ2v) is 6.82. The van der Waals surface area contributed by atoms with E-state index in [1.54, 1.807) is 6.92 Å². The molecule has 1 fully saturated rings. The van der Waals surface area contributed by atoms with Gasteiger partial charge < -0.3 is 19.9 Å². The Morgan fingerprint density at radius 1 is 1.11 bits per heavy atom. The van der Waals surface area contributed by atoms with Crippen LogP contribution in [0.3, 0.4) is 0 Å². The van der Waals surface area contributed by atoms with Crippen LogP contribution in [0.1, 0.15) is 39.2 Å². The van der Waals surface area contributed by atoms with E-state index in [4.69, 9.17) is 9.73 Å². The van der Waals surface area contributed by atoms with E-state index in [0.717, 1.165) is 76.8 Å². The Bertz CT molecular complexity index is 593. The standard InChI is InChI=1S/C21H34N4O2/c1-4-6-17-27-20-9-7-19(8-10-20)11-12-23-21(22-5-2)25-15-13-24(14-16-25)18(3)26/h7-10H,4-6,11-17H2,1-3H3,(H,22,23). The van der Waals surface area contributed by atoms with Gasteiger partial charge in [-0.15, -0.1) is 0 Å². The molecule has 0 saturated carbocycles. The number of hydrogen-bond donors (Lipinski definition) is 1. The van der Waals surface area contributed by atoms with Gasteiger partial charge >= 0.3 is 0 Å². The highest BCUT2D eigenvalue weighted by Crippen LogP contribution is 2.13. The summed E-state index contributed by atoms with van der Waals surface area (Å²) in [6.45, 7) is 11.4. The molecule has 1 aromatic carbocycles. The zero-order chi connectivity index (χ0) is 19.5. The molecule has 1 N–H and O–H groups in total. The highest BCUT2D eigenvalue weighted by atomic mass is 16.5. The lowest BCUT2D eigenvalue weighted by Crippen LogP contribution is -2.53. The average Bonchev–Trinajstić information content (AvgIpc) is 2.69. The topological polar surface area (TPSA) is 57.2 Å². The Kier molecular flexibility index (Phi) is 8.95. The molecule has 0 aromatic heterocycles. The van der Waals surface area contributed by atoms with Crippen molar-refractivity contribution in [2.45, 2.75) is 40.0 Å². The van der Waals surface area contributed by atoms with Crippen LogP contribution in [0.15, 0.2) is 29.3 Å². The molecule has 0 spiro atoms. The number of unbranched alkanes of at least 4 members (excludes halogenated alkanes) is 1. The van der Waals surface area contributed by atoms with E-state index >= 15 is 0 Å². The van der Waals surface area contributed by atoms with Crippen molar-refractivity contribution in [3.8, 4) is 5.75 Å².